The third-order valence-corrected chi connectivity index (χ3v) is 4.73. The maximum Gasteiger partial charge on any atom is 0.210 e. The molecule has 0 amide bonds. The summed E-state index contributed by atoms with van der Waals surface area (Å²) in [5.41, 5.74) is 1.92. The van der Waals surface area contributed by atoms with Crippen molar-refractivity contribution in [1.82, 2.24) is 10.2 Å². The molecule has 106 valence electrons. The van der Waals surface area contributed by atoms with E-state index >= 15 is 0 Å². The first-order valence-corrected chi connectivity index (χ1v) is 8.12. The Kier molecular flexibility index (Phi) is 4.47. The molecule has 3 aromatic rings. The van der Waals surface area contributed by atoms with Gasteiger partial charge in [0.05, 0.1) is 0 Å². The maximum atomic E-state index is 13.1. The number of para-hydroxylation sites is 1. The minimum absolute atomic E-state index is 0.211. The van der Waals surface area contributed by atoms with Crippen LogP contribution in [0.15, 0.2) is 58.9 Å². The van der Waals surface area contributed by atoms with Crippen molar-refractivity contribution in [2.75, 3.05) is 5.32 Å². The molecule has 1 aromatic heterocycles. The molecule has 0 saturated carbocycles. The standard InChI is InChI=1S/C15H12FN3S2/c16-12-6-4-5-11(9-12)10-20-15-19-18-14(21-15)17-13-7-2-1-3-8-13/h1-9H,10H2,(H,17,18). The number of halogens is 1. The summed E-state index contributed by atoms with van der Waals surface area (Å²) in [6, 6.07) is 16.4. The fraction of sp³-hybridized carbons (Fsp3) is 0.0667. The maximum absolute atomic E-state index is 13.1. The summed E-state index contributed by atoms with van der Waals surface area (Å²) >= 11 is 3.04. The highest BCUT2D eigenvalue weighted by Gasteiger charge is 2.05. The Labute approximate surface area is 130 Å². The molecular weight excluding hydrogens is 305 g/mol. The van der Waals surface area contributed by atoms with E-state index in [9.17, 15) is 4.39 Å². The number of hydrogen-bond donors (Lipinski definition) is 1. The third kappa shape index (κ3) is 4.03. The number of benzene rings is 2. The monoisotopic (exact) mass is 317 g/mol. The van der Waals surface area contributed by atoms with E-state index in [4.69, 9.17) is 0 Å². The predicted octanol–water partition coefficient (Wildman–Crippen LogP) is 4.71. The zero-order valence-electron chi connectivity index (χ0n) is 11.0. The Morgan fingerprint density at radius 1 is 1.05 bits per heavy atom. The van der Waals surface area contributed by atoms with Crippen molar-refractivity contribution < 1.29 is 4.39 Å². The molecule has 0 bridgehead atoms. The zero-order chi connectivity index (χ0) is 14.5. The van der Waals surface area contributed by atoms with Gasteiger partial charge in [0.1, 0.15) is 5.82 Å². The smallest absolute Gasteiger partial charge is 0.210 e. The Balaban J connectivity index is 1.60. The Morgan fingerprint density at radius 2 is 1.90 bits per heavy atom. The normalized spacial score (nSPS) is 10.5. The molecule has 0 aliphatic rings. The molecule has 0 saturated heterocycles. The second-order valence-corrected chi connectivity index (χ2v) is 6.48. The van der Waals surface area contributed by atoms with Crippen molar-refractivity contribution in [2.45, 2.75) is 10.1 Å². The molecule has 3 rings (SSSR count). The van der Waals surface area contributed by atoms with Gasteiger partial charge in [-0.3, -0.25) is 0 Å². The molecular formula is C15H12FN3S2. The molecule has 6 heteroatoms. The van der Waals surface area contributed by atoms with Gasteiger partial charge in [0.2, 0.25) is 5.13 Å². The second kappa shape index (κ2) is 6.69. The molecule has 3 nitrogen and oxygen atoms in total. The largest absolute Gasteiger partial charge is 0.330 e. The molecule has 21 heavy (non-hydrogen) atoms. The molecule has 0 atom stereocenters. The van der Waals surface area contributed by atoms with Gasteiger partial charge in [-0.05, 0) is 29.8 Å². The van der Waals surface area contributed by atoms with Crippen molar-refractivity contribution in [3.63, 3.8) is 0 Å². The zero-order valence-corrected chi connectivity index (χ0v) is 12.6. The van der Waals surface area contributed by atoms with Crippen molar-refractivity contribution in [3.05, 3.63) is 66.0 Å². The minimum Gasteiger partial charge on any atom is -0.330 e. The number of nitrogens with zero attached hydrogens (tertiary/aromatic N) is 2. The van der Waals surface area contributed by atoms with Gasteiger partial charge in [-0.1, -0.05) is 53.4 Å². The molecule has 0 fully saturated rings. The summed E-state index contributed by atoms with van der Waals surface area (Å²) in [7, 11) is 0. The summed E-state index contributed by atoms with van der Waals surface area (Å²) < 4.78 is 14.0. The highest BCUT2D eigenvalue weighted by molar-refractivity contribution is 8.00. The van der Waals surface area contributed by atoms with E-state index in [1.54, 1.807) is 17.8 Å². The molecule has 2 aromatic carbocycles. The lowest BCUT2D eigenvalue weighted by Crippen LogP contribution is -1.87. The van der Waals surface area contributed by atoms with Gasteiger partial charge in [-0.2, -0.15) is 0 Å². The van der Waals surface area contributed by atoms with E-state index in [1.165, 1.54) is 23.5 Å². The molecule has 1 heterocycles. The van der Waals surface area contributed by atoms with Crippen molar-refractivity contribution in [3.8, 4) is 0 Å². The van der Waals surface area contributed by atoms with Crippen LogP contribution >= 0.6 is 23.1 Å². The van der Waals surface area contributed by atoms with Crippen LogP contribution in [-0.4, -0.2) is 10.2 Å². The number of nitrogens with one attached hydrogen (secondary N) is 1. The lowest BCUT2D eigenvalue weighted by atomic mass is 10.2. The molecule has 0 radical (unpaired) electrons. The van der Waals surface area contributed by atoms with E-state index in [2.05, 4.69) is 15.5 Å². The molecule has 0 aliphatic heterocycles. The van der Waals surface area contributed by atoms with Crippen LogP contribution in [0, 0.1) is 5.82 Å². The number of rotatable bonds is 5. The average Bonchev–Trinajstić information content (AvgIpc) is 2.94. The second-order valence-electron chi connectivity index (χ2n) is 4.28. The van der Waals surface area contributed by atoms with Crippen LogP contribution < -0.4 is 5.32 Å². The fourth-order valence-corrected chi connectivity index (χ4v) is 3.45. The van der Waals surface area contributed by atoms with Crippen LogP contribution in [0.1, 0.15) is 5.56 Å². The van der Waals surface area contributed by atoms with Gasteiger partial charge in [0.15, 0.2) is 4.34 Å². The summed E-state index contributed by atoms with van der Waals surface area (Å²) in [4.78, 5) is 0. The van der Waals surface area contributed by atoms with Crippen molar-refractivity contribution in [1.29, 1.82) is 0 Å². The SMILES string of the molecule is Fc1cccc(CSc2nnc(Nc3ccccc3)s2)c1. The van der Waals surface area contributed by atoms with Crippen LogP contribution in [0.25, 0.3) is 0 Å². The lowest BCUT2D eigenvalue weighted by Gasteiger charge is -1.99. The average molecular weight is 317 g/mol. The van der Waals surface area contributed by atoms with Crippen LogP contribution in [0.4, 0.5) is 15.2 Å². The minimum atomic E-state index is -0.211. The number of aromatic nitrogens is 2. The highest BCUT2D eigenvalue weighted by atomic mass is 32.2. The van der Waals surface area contributed by atoms with Crippen molar-refractivity contribution >= 4 is 33.9 Å². The van der Waals surface area contributed by atoms with E-state index in [-0.39, 0.29) is 5.82 Å². The van der Waals surface area contributed by atoms with E-state index in [1.807, 2.05) is 36.4 Å². The van der Waals surface area contributed by atoms with Crippen LogP contribution in [0.3, 0.4) is 0 Å². The summed E-state index contributed by atoms with van der Waals surface area (Å²) in [6.45, 7) is 0. The first kappa shape index (κ1) is 14.0. The van der Waals surface area contributed by atoms with Gasteiger partial charge in [0, 0.05) is 11.4 Å². The number of thioether (sulfide) groups is 1. The molecule has 0 spiro atoms. The van der Waals surface area contributed by atoms with Crippen LogP contribution in [0.2, 0.25) is 0 Å². The number of hydrogen-bond acceptors (Lipinski definition) is 5. The fourth-order valence-electron chi connectivity index (χ4n) is 1.74. The van der Waals surface area contributed by atoms with Gasteiger partial charge in [0.25, 0.3) is 0 Å². The van der Waals surface area contributed by atoms with Gasteiger partial charge in [-0.25, -0.2) is 4.39 Å². The Bertz CT molecular complexity index is 716. The third-order valence-electron chi connectivity index (χ3n) is 2.68. The first-order chi connectivity index (χ1) is 10.3. The van der Waals surface area contributed by atoms with Crippen molar-refractivity contribution in [2.24, 2.45) is 0 Å². The Morgan fingerprint density at radius 3 is 2.71 bits per heavy atom. The summed E-state index contributed by atoms with van der Waals surface area (Å²) in [6.07, 6.45) is 0. The van der Waals surface area contributed by atoms with Crippen LogP contribution in [-0.2, 0) is 5.75 Å². The van der Waals surface area contributed by atoms with Gasteiger partial charge < -0.3 is 5.32 Å². The Hall–Kier alpha value is -1.92. The summed E-state index contributed by atoms with van der Waals surface area (Å²) in [5, 5.41) is 12.2. The molecule has 1 N–H and O–H groups in total. The van der Waals surface area contributed by atoms with Gasteiger partial charge in [-0.15, -0.1) is 10.2 Å². The molecule has 0 unspecified atom stereocenters. The molecule has 0 aliphatic carbocycles. The van der Waals surface area contributed by atoms with Gasteiger partial charge >= 0.3 is 0 Å². The van der Waals surface area contributed by atoms with E-state index in [0.717, 1.165) is 20.7 Å². The highest BCUT2D eigenvalue weighted by Crippen LogP contribution is 2.29. The van der Waals surface area contributed by atoms with Crippen LogP contribution in [0.5, 0.6) is 0 Å². The quantitative estimate of drug-likeness (QED) is 0.691. The number of anilines is 2. The van der Waals surface area contributed by atoms with E-state index in [0.29, 0.717) is 5.75 Å². The topological polar surface area (TPSA) is 37.8 Å². The van der Waals surface area contributed by atoms with E-state index < -0.39 is 0 Å². The predicted molar refractivity (Wildman–Crippen MR) is 85.6 cm³/mol. The first-order valence-electron chi connectivity index (χ1n) is 6.32. The lowest BCUT2D eigenvalue weighted by molar-refractivity contribution is 0.626. The summed E-state index contributed by atoms with van der Waals surface area (Å²) in [5.74, 6) is 0.467.